The maximum Gasteiger partial charge on any atom is 0.224 e. The van der Waals surface area contributed by atoms with Crippen LogP contribution in [0.5, 0.6) is 0 Å². The van der Waals surface area contributed by atoms with Crippen LogP contribution in [0, 0.1) is 17.6 Å². The number of carbonyl (C=O) groups is 1. The zero-order valence-corrected chi connectivity index (χ0v) is 13.9. The van der Waals surface area contributed by atoms with Gasteiger partial charge in [0.25, 0.3) is 0 Å². The number of likely N-dealkylation sites (tertiary alicyclic amines) is 1. The van der Waals surface area contributed by atoms with Crippen molar-refractivity contribution in [3.63, 3.8) is 0 Å². The van der Waals surface area contributed by atoms with Crippen LogP contribution < -0.4 is 0 Å². The predicted octanol–water partition coefficient (Wildman–Crippen LogP) is 2.21. The minimum absolute atomic E-state index is 0.0669. The summed E-state index contributed by atoms with van der Waals surface area (Å²) < 4.78 is 29.0. The van der Waals surface area contributed by atoms with Crippen LogP contribution in [0.3, 0.4) is 0 Å². The first-order chi connectivity index (χ1) is 12.1. The minimum Gasteiger partial charge on any atom is -0.342 e. The van der Waals surface area contributed by atoms with Crippen molar-refractivity contribution in [1.29, 1.82) is 0 Å². The van der Waals surface area contributed by atoms with E-state index >= 15 is 0 Å². The van der Waals surface area contributed by atoms with Crippen molar-refractivity contribution in [1.82, 2.24) is 25.1 Å². The second-order valence-electron chi connectivity index (χ2n) is 6.41. The molecule has 0 N–H and O–H groups in total. The molecule has 25 heavy (non-hydrogen) atoms. The molecule has 0 saturated carbocycles. The molecule has 0 spiro atoms. The highest BCUT2D eigenvalue weighted by Gasteiger charge is 2.24. The molecule has 2 heterocycles. The van der Waals surface area contributed by atoms with Crippen molar-refractivity contribution in [3.05, 3.63) is 41.7 Å². The van der Waals surface area contributed by atoms with Gasteiger partial charge in [-0.25, -0.2) is 13.5 Å². The van der Waals surface area contributed by atoms with Gasteiger partial charge in [-0.15, -0.1) is 5.10 Å². The van der Waals surface area contributed by atoms with Gasteiger partial charge >= 0.3 is 0 Å². The van der Waals surface area contributed by atoms with Crippen LogP contribution in [0.15, 0.2) is 24.5 Å². The first-order valence-electron chi connectivity index (χ1n) is 8.55. The number of hydrogen-bond acceptors (Lipinski definition) is 4. The second-order valence-corrected chi connectivity index (χ2v) is 6.41. The first kappa shape index (κ1) is 17.4. The van der Waals surface area contributed by atoms with Gasteiger partial charge < -0.3 is 4.90 Å². The Morgan fingerprint density at radius 1 is 1.28 bits per heavy atom. The number of halogens is 2. The predicted molar refractivity (Wildman–Crippen MR) is 86.4 cm³/mol. The molecule has 0 aliphatic carbocycles. The van der Waals surface area contributed by atoms with E-state index in [2.05, 4.69) is 15.5 Å². The van der Waals surface area contributed by atoms with E-state index in [1.54, 1.807) is 0 Å². The molecule has 1 fully saturated rings. The van der Waals surface area contributed by atoms with Gasteiger partial charge in [-0.1, -0.05) is 6.07 Å². The third-order valence-corrected chi connectivity index (χ3v) is 4.68. The molecule has 1 aromatic carbocycles. The fourth-order valence-electron chi connectivity index (χ4n) is 3.30. The lowest BCUT2D eigenvalue weighted by Crippen LogP contribution is -2.40. The summed E-state index contributed by atoms with van der Waals surface area (Å²) in [6.45, 7) is 1.83. The van der Waals surface area contributed by atoms with Gasteiger partial charge in [0.15, 0.2) is 0 Å². The zero-order valence-electron chi connectivity index (χ0n) is 13.9. The average Bonchev–Trinajstić information content (AvgIpc) is 3.13. The third-order valence-electron chi connectivity index (χ3n) is 4.68. The molecular formula is C17H21F2N5O. The molecule has 1 atom stereocenters. The van der Waals surface area contributed by atoms with Gasteiger partial charge in [-0.3, -0.25) is 4.79 Å². The van der Waals surface area contributed by atoms with E-state index in [0.29, 0.717) is 32.4 Å². The van der Waals surface area contributed by atoms with Gasteiger partial charge in [0.2, 0.25) is 5.91 Å². The molecule has 0 radical (unpaired) electrons. The highest BCUT2D eigenvalue weighted by atomic mass is 19.1. The minimum atomic E-state index is -0.495. The van der Waals surface area contributed by atoms with Crippen molar-refractivity contribution in [2.45, 2.75) is 38.6 Å². The van der Waals surface area contributed by atoms with Crippen LogP contribution in [0.4, 0.5) is 8.78 Å². The first-order valence-corrected chi connectivity index (χ1v) is 8.55. The van der Waals surface area contributed by atoms with Crippen molar-refractivity contribution < 1.29 is 13.6 Å². The maximum absolute atomic E-state index is 13.7. The molecule has 1 aliphatic rings. The fraction of sp³-hybridized carbons (Fsp3) is 0.529. The Hall–Kier alpha value is -2.38. The van der Waals surface area contributed by atoms with E-state index in [9.17, 15) is 13.6 Å². The van der Waals surface area contributed by atoms with Crippen LogP contribution in [0.1, 0.15) is 31.2 Å². The number of aromatic nitrogens is 4. The number of nitrogens with zero attached hydrogens (tertiary/aromatic N) is 5. The molecule has 0 bridgehead atoms. The number of carbonyl (C=O) groups excluding carboxylic acids is 1. The number of tetrazole rings is 1. The van der Waals surface area contributed by atoms with E-state index in [-0.39, 0.29) is 17.4 Å². The molecule has 1 unspecified atom stereocenters. The zero-order chi connectivity index (χ0) is 17.6. The molecule has 6 nitrogen and oxygen atoms in total. The van der Waals surface area contributed by atoms with Gasteiger partial charge in [0, 0.05) is 25.1 Å². The van der Waals surface area contributed by atoms with Crippen molar-refractivity contribution in [2.24, 2.45) is 5.92 Å². The Morgan fingerprint density at radius 3 is 2.80 bits per heavy atom. The highest BCUT2D eigenvalue weighted by molar-refractivity contribution is 5.76. The number of rotatable bonds is 6. The largest absolute Gasteiger partial charge is 0.342 e. The third kappa shape index (κ3) is 4.58. The smallest absolute Gasteiger partial charge is 0.224 e. The summed E-state index contributed by atoms with van der Waals surface area (Å²) in [5, 5.41) is 10.8. The fourth-order valence-corrected chi connectivity index (χ4v) is 3.30. The number of benzene rings is 1. The summed E-state index contributed by atoms with van der Waals surface area (Å²) in [6.07, 6.45) is 4.76. The highest BCUT2D eigenvalue weighted by Crippen LogP contribution is 2.24. The summed E-state index contributed by atoms with van der Waals surface area (Å²) in [7, 11) is 0. The Labute approximate surface area is 144 Å². The van der Waals surface area contributed by atoms with Gasteiger partial charge in [-0.2, -0.15) is 0 Å². The number of amides is 1. The molecular weight excluding hydrogens is 328 g/mol. The van der Waals surface area contributed by atoms with E-state index in [0.717, 1.165) is 19.4 Å². The number of hydrogen-bond donors (Lipinski definition) is 0. The molecule has 1 amide bonds. The summed E-state index contributed by atoms with van der Waals surface area (Å²) in [6, 6.07) is 3.95. The van der Waals surface area contributed by atoms with Crippen LogP contribution in [-0.4, -0.2) is 44.1 Å². The van der Waals surface area contributed by atoms with E-state index in [1.165, 1.54) is 29.2 Å². The van der Waals surface area contributed by atoms with Crippen molar-refractivity contribution in [3.8, 4) is 0 Å². The summed E-state index contributed by atoms with van der Waals surface area (Å²) in [5.74, 6) is -0.655. The van der Waals surface area contributed by atoms with E-state index in [1.807, 2.05) is 4.90 Å². The molecule has 1 saturated heterocycles. The van der Waals surface area contributed by atoms with Crippen LogP contribution in [0.25, 0.3) is 0 Å². The Morgan fingerprint density at radius 2 is 2.08 bits per heavy atom. The Bertz CT molecular complexity index is 687. The van der Waals surface area contributed by atoms with Crippen LogP contribution in [0.2, 0.25) is 0 Å². The second kappa shape index (κ2) is 8.13. The Balaban J connectivity index is 1.50. The number of piperidine rings is 1. The molecule has 8 heteroatoms. The van der Waals surface area contributed by atoms with Gasteiger partial charge in [-0.05, 0) is 54.2 Å². The SMILES string of the molecule is O=C(CCn1cnnn1)N1CCCC(CCc2c(F)cccc2F)C1. The van der Waals surface area contributed by atoms with Gasteiger partial charge in [0.1, 0.15) is 18.0 Å². The van der Waals surface area contributed by atoms with Crippen molar-refractivity contribution >= 4 is 5.91 Å². The van der Waals surface area contributed by atoms with Gasteiger partial charge in [0.05, 0.1) is 6.54 Å². The van der Waals surface area contributed by atoms with Crippen molar-refractivity contribution in [2.75, 3.05) is 13.1 Å². The van der Waals surface area contributed by atoms with Crippen LogP contribution >= 0.6 is 0 Å². The quantitative estimate of drug-likeness (QED) is 0.802. The molecule has 134 valence electrons. The van der Waals surface area contributed by atoms with E-state index in [4.69, 9.17) is 0 Å². The molecule has 2 aromatic rings. The lowest BCUT2D eigenvalue weighted by molar-refractivity contribution is -0.133. The lowest BCUT2D eigenvalue weighted by atomic mass is 9.91. The monoisotopic (exact) mass is 349 g/mol. The summed E-state index contributed by atoms with van der Waals surface area (Å²) in [4.78, 5) is 14.2. The number of aryl methyl sites for hydroxylation is 1. The summed E-state index contributed by atoms with van der Waals surface area (Å²) >= 11 is 0. The Kier molecular flexibility index (Phi) is 5.67. The standard InChI is InChI=1S/C17H21F2N5O/c18-15-4-1-5-16(19)14(15)7-6-13-3-2-9-23(11-13)17(25)8-10-24-12-20-21-22-24/h1,4-5,12-13H,2-3,6-11H2. The molecule has 1 aromatic heterocycles. The average molecular weight is 349 g/mol. The molecule has 1 aliphatic heterocycles. The maximum atomic E-state index is 13.7. The normalized spacial score (nSPS) is 17.7. The van der Waals surface area contributed by atoms with E-state index < -0.39 is 11.6 Å². The summed E-state index contributed by atoms with van der Waals surface area (Å²) in [5.41, 5.74) is 0.143. The molecule has 3 rings (SSSR count). The van der Waals surface area contributed by atoms with Crippen LogP contribution in [-0.2, 0) is 17.8 Å². The lowest BCUT2D eigenvalue weighted by Gasteiger charge is -2.33. The topological polar surface area (TPSA) is 63.9 Å².